The standard InChI is InChI=1S/C18H19N3O3S/c22-15-10-25-16(11-5-7-12(8-6-11)18(23)24)14-9-19-21(17(14)20-15)13-3-1-2-4-13/h5-9,13,16H,1-4,10H2,(H,20,22)(H,23,24). The highest BCUT2D eigenvalue weighted by molar-refractivity contribution is 8.00. The van der Waals surface area contributed by atoms with Crippen molar-refractivity contribution in [2.45, 2.75) is 37.0 Å². The summed E-state index contributed by atoms with van der Waals surface area (Å²) in [7, 11) is 0. The third-order valence-corrected chi connectivity index (χ3v) is 6.16. The quantitative estimate of drug-likeness (QED) is 0.879. The molecule has 0 saturated heterocycles. The molecule has 1 fully saturated rings. The van der Waals surface area contributed by atoms with Crippen molar-refractivity contribution in [2.24, 2.45) is 0 Å². The molecule has 1 saturated carbocycles. The number of amides is 1. The molecule has 6 nitrogen and oxygen atoms in total. The van der Waals surface area contributed by atoms with Crippen LogP contribution in [0.2, 0.25) is 0 Å². The summed E-state index contributed by atoms with van der Waals surface area (Å²) in [5, 5.41) is 16.6. The van der Waals surface area contributed by atoms with E-state index in [1.54, 1.807) is 23.9 Å². The van der Waals surface area contributed by atoms with Crippen molar-refractivity contribution >= 4 is 29.5 Å². The van der Waals surface area contributed by atoms with E-state index in [0.717, 1.165) is 29.8 Å². The van der Waals surface area contributed by atoms with Crippen LogP contribution in [0, 0.1) is 0 Å². The molecule has 7 heteroatoms. The third-order valence-electron chi connectivity index (χ3n) is 4.88. The maximum atomic E-state index is 12.2. The highest BCUT2D eigenvalue weighted by atomic mass is 32.2. The molecule has 2 N–H and O–H groups in total. The SMILES string of the molecule is O=C1CSC(c2ccc(C(=O)O)cc2)c2cnn(C3CCCC3)c2N1. The van der Waals surface area contributed by atoms with Gasteiger partial charge in [-0.25, -0.2) is 9.48 Å². The van der Waals surface area contributed by atoms with Gasteiger partial charge in [0.25, 0.3) is 0 Å². The fourth-order valence-corrected chi connectivity index (χ4v) is 4.71. The number of carbonyl (C=O) groups excluding carboxylic acids is 1. The number of nitrogens with zero attached hydrogens (tertiary/aromatic N) is 2. The summed E-state index contributed by atoms with van der Waals surface area (Å²) in [6, 6.07) is 7.22. The Hall–Kier alpha value is -2.28. The zero-order valence-electron chi connectivity index (χ0n) is 13.6. The first-order chi connectivity index (χ1) is 12.1. The van der Waals surface area contributed by atoms with Crippen LogP contribution in [0.3, 0.4) is 0 Å². The van der Waals surface area contributed by atoms with Crippen molar-refractivity contribution in [1.82, 2.24) is 9.78 Å². The first-order valence-corrected chi connectivity index (χ1v) is 9.50. The molecule has 0 spiro atoms. The average Bonchev–Trinajstić information content (AvgIpc) is 3.23. The van der Waals surface area contributed by atoms with E-state index in [1.807, 2.05) is 23.0 Å². The lowest BCUT2D eigenvalue weighted by atomic mass is 10.0. The molecule has 25 heavy (non-hydrogen) atoms. The summed E-state index contributed by atoms with van der Waals surface area (Å²) in [5.74, 6) is 0.210. The Balaban J connectivity index is 1.72. The van der Waals surface area contributed by atoms with Gasteiger partial charge in [-0.15, -0.1) is 11.8 Å². The Morgan fingerprint density at radius 3 is 2.64 bits per heavy atom. The molecule has 2 aliphatic rings. The number of thioether (sulfide) groups is 1. The lowest BCUT2D eigenvalue weighted by molar-refractivity contribution is -0.113. The molecule has 1 aromatic carbocycles. The van der Waals surface area contributed by atoms with Gasteiger partial charge in [0.05, 0.1) is 28.8 Å². The van der Waals surface area contributed by atoms with Gasteiger partial charge in [0, 0.05) is 5.56 Å². The maximum Gasteiger partial charge on any atom is 0.335 e. The number of benzene rings is 1. The third kappa shape index (κ3) is 3.04. The second-order valence-corrected chi connectivity index (χ2v) is 7.59. The summed E-state index contributed by atoms with van der Waals surface area (Å²) < 4.78 is 1.98. The number of fused-ring (bicyclic) bond motifs is 1. The van der Waals surface area contributed by atoms with E-state index in [9.17, 15) is 9.59 Å². The first kappa shape index (κ1) is 16.2. The number of aromatic carboxylic acids is 1. The Morgan fingerprint density at radius 2 is 1.96 bits per heavy atom. The van der Waals surface area contributed by atoms with Gasteiger partial charge in [-0.05, 0) is 30.5 Å². The average molecular weight is 357 g/mol. The van der Waals surface area contributed by atoms with Gasteiger partial charge in [0.2, 0.25) is 5.91 Å². The summed E-state index contributed by atoms with van der Waals surface area (Å²) in [4.78, 5) is 23.2. The Bertz CT molecular complexity index is 809. The smallest absolute Gasteiger partial charge is 0.335 e. The zero-order valence-corrected chi connectivity index (χ0v) is 14.5. The summed E-state index contributed by atoms with van der Waals surface area (Å²) >= 11 is 1.55. The molecular formula is C18H19N3O3S. The molecule has 0 radical (unpaired) electrons. The monoisotopic (exact) mass is 357 g/mol. The van der Waals surface area contributed by atoms with Gasteiger partial charge < -0.3 is 10.4 Å². The number of hydrogen-bond acceptors (Lipinski definition) is 4. The van der Waals surface area contributed by atoms with Crippen LogP contribution in [-0.2, 0) is 4.79 Å². The van der Waals surface area contributed by atoms with E-state index >= 15 is 0 Å². The number of carboxylic acids is 1. The molecule has 1 unspecified atom stereocenters. The fraction of sp³-hybridized carbons (Fsp3) is 0.389. The van der Waals surface area contributed by atoms with Crippen LogP contribution in [0.15, 0.2) is 30.5 Å². The topological polar surface area (TPSA) is 84.2 Å². The predicted molar refractivity (Wildman–Crippen MR) is 96.1 cm³/mol. The number of carboxylic acid groups (broad SMARTS) is 1. The van der Waals surface area contributed by atoms with Gasteiger partial charge in [0.15, 0.2) is 0 Å². The Labute approximate surface area is 149 Å². The van der Waals surface area contributed by atoms with Crippen LogP contribution in [0.1, 0.15) is 58.5 Å². The largest absolute Gasteiger partial charge is 0.478 e. The molecule has 1 aromatic heterocycles. The van der Waals surface area contributed by atoms with Crippen LogP contribution in [0.4, 0.5) is 5.82 Å². The minimum Gasteiger partial charge on any atom is -0.478 e. The van der Waals surface area contributed by atoms with Crippen molar-refractivity contribution < 1.29 is 14.7 Å². The minimum atomic E-state index is -0.938. The van der Waals surface area contributed by atoms with E-state index < -0.39 is 5.97 Å². The molecule has 1 amide bonds. The van der Waals surface area contributed by atoms with Crippen molar-refractivity contribution in [2.75, 3.05) is 11.1 Å². The van der Waals surface area contributed by atoms with Crippen LogP contribution < -0.4 is 5.32 Å². The molecule has 2 heterocycles. The second kappa shape index (κ2) is 6.55. The van der Waals surface area contributed by atoms with Crippen LogP contribution in [-0.4, -0.2) is 32.5 Å². The van der Waals surface area contributed by atoms with Crippen molar-refractivity contribution in [3.63, 3.8) is 0 Å². The molecule has 2 aromatic rings. The van der Waals surface area contributed by atoms with Crippen molar-refractivity contribution in [3.8, 4) is 0 Å². The number of carbonyl (C=O) groups is 2. The van der Waals surface area contributed by atoms with Crippen LogP contribution in [0.25, 0.3) is 0 Å². The van der Waals surface area contributed by atoms with E-state index in [-0.39, 0.29) is 16.7 Å². The predicted octanol–water partition coefficient (Wildman–Crippen LogP) is 3.47. The van der Waals surface area contributed by atoms with Gasteiger partial charge in [-0.3, -0.25) is 4.79 Å². The number of nitrogens with one attached hydrogen (secondary N) is 1. The van der Waals surface area contributed by atoms with E-state index in [2.05, 4.69) is 10.4 Å². The lowest BCUT2D eigenvalue weighted by Crippen LogP contribution is -2.18. The molecule has 4 rings (SSSR count). The molecule has 1 aliphatic heterocycles. The van der Waals surface area contributed by atoms with Gasteiger partial charge in [-0.1, -0.05) is 25.0 Å². The number of aromatic nitrogens is 2. The summed E-state index contributed by atoms with van der Waals surface area (Å²) in [6.07, 6.45) is 6.43. The zero-order chi connectivity index (χ0) is 17.4. The first-order valence-electron chi connectivity index (χ1n) is 8.45. The minimum absolute atomic E-state index is 0.0179. The number of hydrogen-bond donors (Lipinski definition) is 2. The highest BCUT2D eigenvalue weighted by Gasteiger charge is 2.30. The molecule has 0 bridgehead atoms. The second-order valence-electron chi connectivity index (χ2n) is 6.50. The molecule has 1 atom stereocenters. The normalized spacial score (nSPS) is 20.8. The van der Waals surface area contributed by atoms with E-state index in [4.69, 9.17) is 5.11 Å². The van der Waals surface area contributed by atoms with Crippen LogP contribution >= 0.6 is 11.8 Å². The number of rotatable bonds is 3. The van der Waals surface area contributed by atoms with Crippen molar-refractivity contribution in [1.29, 1.82) is 0 Å². The Morgan fingerprint density at radius 1 is 1.24 bits per heavy atom. The molecule has 1 aliphatic carbocycles. The molecule has 130 valence electrons. The van der Waals surface area contributed by atoms with Gasteiger partial charge >= 0.3 is 5.97 Å². The van der Waals surface area contributed by atoms with Crippen LogP contribution in [0.5, 0.6) is 0 Å². The lowest BCUT2D eigenvalue weighted by Gasteiger charge is -2.16. The van der Waals surface area contributed by atoms with E-state index in [0.29, 0.717) is 11.8 Å². The van der Waals surface area contributed by atoms with Gasteiger partial charge in [0.1, 0.15) is 5.82 Å². The summed E-state index contributed by atoms with van der Waals surface area (Å²) in [6.45, 7) is 0. The summed E-state index contributed by atoms with van der Waals surface area (Å²) in [5.41, 5.74) is 2.24. The molecular weight excluding hydrogens is 338 g/mol. The maximum absolute atomic E-state index is 12.2. The van der Waals surface area contributed by atoms with Gasteiger partial charge in [-0.2, -0.15) is 5.10 Å². The highest BCUT2D eigenvalue weighted by Crippen LogP contribution is 2.43. The number of anilines is 1. The van der Waals surface area contributed by atoms with Crippen molar-refractivity contribution in [3.05, 3.63) is 47.2 Å². The van der Waals surface area contributed by atoms with E-state index in [1.165, 1.54) is 12.8 Å². The fourth-order valence-electron chi connectivity index (χ4n) is 3.62. The Kier molecular flexibility index (Phi) is 4.25.